The number of alkyl halides is 2. The first-order valence-electron chi connectivity index (χ1n) is 9.92. The molecule has 1 aliphatic carbocycles. The SMILES string of the molecule is Cc1cnc(C23CC2CN(C(=O)c2cc(S(C)(=O)=O)ccc2O[C@@H](C)C(C)(F)F)C3)o1. The van der Waals surface area contributed by atoms with Crippen LogP contribution < -0.4 is 4.74 Å². The fourth-order valence-corrected chi connectivity index (χ4v) is 4.68. The molecule has 7 nitrogen and oxygen atoms in total. The zero-order chi connectivity index (χ0) is 22.8. The Labute approximate surface area is 179 Å². The quantitative estimate of drug-likeness (QED) is 0.666. The van der Waals surface area contributed by atoms with Crippen LogP contribution in [0.15, 0.2) is 33.7 Å². The van der Waals surface area contributed by atoms with Crippen molar-refractivity contribution in [2.75, 3.05) is 19.3 Å². The summed E-state index contributed by atoms with van der Waals surface area (Å²) in [7, 11) is -3.61. The number of aromatic nitrogens is 1. The first-order chi connectivity index (χ1) is 14.3. The van der Waals surface area contributed by atoms with Gasteiger partial charge in [0.15, 0.2) is 15.9 Å². The van der Waals surface area contributed by atoms with Crippen LogP contribution in [0.1, 0.15) is 42.3 Å². The molecule has 0 radical (unpaired) electrons. The molecule has 1 saturated carbocycles. The molecule has 2 aliphatic rings. The first-order valence-corrected chi connectivity index (χ1v) is 11.8. The summed E-state index contributed by atoms with van der Waals surface area (Å²) in [6, 6.07) is 3.70. The van der Waals surface area contributed by atoms with Gasteiger partial charge in [-0.15, -0.1) is 0 Å². The maximum atomic E-state index is 13.7. The number of carbonyl (C=O) groups is 1. The van der Waals surface area contributed by atoms with Crippen molar-refractivity contribution in [3.05, 3.63) is 41.6 Å². The summed E-state index contributed by atoms with van der Waals surface area (Å²) in [5, 5.41) is 0. The molecule has 2 aromatic rings. The van der Waals surface area contributed by atoms with Crippen LogP contribution in [-0.2, 0) is 15.3 Å². The number of oxazole rings is 1. The van der Waals surface area contributed by atoms with Crippen molar-refractivity contribution >= 4 is 15.7 Å². The van der Waals surface area contributed by atoms with Crippen LogP contribution in [0.3, 0.4) is 0 Å². The van der Waals surface area contributed by atoms with Crippen molar-refractivity contribution in [2.45, 2.75) is 49.5 Å². The highest BCUT2D eigenvalue weighted by Gasteiger charge is 2.65. The molecule has 1 aliphatic heterocycles. The van der Waals surface area contributed by atoms with Crippen LogP contribution >= 0.6 is 0 Å². The fraction of sp³-hybridized carbons (Fsp3) is 0.524. The summed E-state index contributed by atoms with van der Waals surface area (Å²) in [5.41, 5.74) is -0.401. The van der Waals surface area contributed by atoms with E-state index in [4.69, 9.17) is 9.15 Å². The summed E-state index contributed by atoms with van der Waals surface area (Å²) in [6.45, 7) is 4.53. The lowest BCUT2D eigenvalue weighted by Crippen LogP contribution is -2.35. The van der Waals surface area contributed by atoms with Crippen LogP contribution in [0.4, 0.5) is 8.78 Å². The van der Waals surface area contributed by atoms with Gasteiger partial charge in [-0.3, -0.25) is 4.79 Å². The first kappa shape index (κ1) is 21.7. The molecule has 1 amide bonds. The highest BCUT2D eigenvalue weighted by Crippen LogP contribution is 2.59. The lowest BCUT2D eigenvalue weighted by atomic mass is 10.1. The van der Waals surface area contributed by atoms with Gasteiger partial charge < -0.3 is 14.1 Å². The van der Waals surface area contributed by atoms with Crippen molar-refractivity contribution in [3.8, 4) is 5.75 Å². The van der Waals surface area contributed by atoms with Gasteiger partial charge in [-0.1, -0.05) is 0 Å². The second-order valence-corrected chi connectivity index (χ2v) is 10.7. The van der Waals surface area contributed by atoms with Crippen molar-refractivity contribution in [3.63, 3.8) is 0 Å². The number of hydrogen-bond acceptors (Lipinski definition) is 6. The Hall–Kier alpha value is -2.49. The van der Waals surface area contributed by atoms with E-state index in [1.807, 2.05) is 0 Å². The molecule has 4 rings (SSSR count). The Kier molecular flexibility index (Phi) is 4.92. The van der Waals surface area contributed by atoms with Gasteiger partial charge in [0.2, 0.25) is 5.89 Å². The number of nitrogens with zero attached hydrogens (tertiary/aromatic N) is 2. The lowest BCUT2D eigenvalue weighted by molar-refractivity contribution is -0.0720. The van der Waals surface area contributed by atoms with Gasteiger partial charge in [0.05, 0.1) is 22.1 Å². The van der Waals surface area contributed by atoms with Crippen molar-refractivity contribution < 1.29 is 31.1 Å². The van der Waals surface area contributed by atoms with E-state index in [1.54, 1.807) is 18.0 Å². The number of likely N-dealkylation sites (tertiary alicyclic amines) is 1. The zero-order valence-corrected chi connectivity index (χ0v) is 18.5. The molecule has 0 spiro atoms. The third kappa shape index (κ3) is 3.93. The number of fused-ring (bicyclic) bond motifs is 1. The Balaban J connectivity index is 1.65. The van der Waals surface area contributed by atoms with E-state index in [0.29, 0.717) is 24.7 Å². The lowest BCUT2D eigenvalue weighted by Gasteiger charge is -2.25. The maximum absolute atomic E-state index is 13.7. The molecule has 1 aromatic heterocycles. The molecule has 2 fully saturated rings. The van der Waals surface area contributed by atoms with Gasteiger partial charge in [0.25, 0.3) is 11.8 Å². The molecule has 31 heavy (non-hydrogen) atoms. The van der Waals surface area contributed by atoms with Crippen molar-refractivity contribution in [1.82, 2.24) is 9.88 Å². The van der Waals surface area contributed by atoms with E-state index in [9.17, 15) is 22.0 Å². The van der Waals surface area contributed by atoms with Gasteiger partial charge in [-0.05, 0) is 44.4 Å². The van der Waals surface area contributed by atoms with Crippen molar-refractivity contribution in [1.29, 1.82) is 0 Å². The van der Waals surface area contributed by atoms with E-state index < -0.39 is 27.8 Å². The summed E-state index contributed by atoms with van der Waals surface area (Å²) >= 11 is 0. The molecule has 1 saturated heterocycles. The molecule has 0 bridgehead atoms. The van der Waals surface area contributed by atoms with E-state index in [-0.39, 0.29) is 27.5 Å². The Morgan fingerprint density at radius 1 is 1.42 bits per heavy atom. The molecule has 1 aromatic carbocycles. The number of carbonyl (C=O) groups excluding carboxylic acids is 1. The third-order valence-corrected chi connectivity index (χ3v) is 7.22. The number of amides is 1. The summed E-state index contributed by atoms with van der Waals surface area (Å²) in [4.78, 5) is 19.1. The normalized spacial score (nSPS) is 24.1. The largest absolute Gasteiger partial charge is 0.484 e. The monoisotopic (exact) mass is 454 g/mol. The molecule has 3 atom stereocenters. The predicted octanol–water partition coefficient (Wildman–Crippen LogP) is 3.22. The second kappa shape index (κ2) is 7.01. The Bertz CT molecular complexity index is 1140. The number of benzene rings is 1. The highest BCUT2D eigenvalue weighted by molar-refractivity contribution is 7.90. The van der Waals surface area contributed by atoms with E-state index in [2.05, 4.69) is 4.98 Å². The minimum absolute atomic E-state index is 0.0564. The maximum Gasteiger partial charge on any atom is 0.281 e. The molecule has 10 heteroatoms. The third-order valence-electron chi connectivity index (χ3n) is 6.11. The second-order valence-electron chi connectivity index (χ2n) is 8.67. The van der Waals surface area contributed by atoms with E-state index in [1.165, 1.54) is 25.1 Å². The number of sulfone groups is 1. The average molecular weight is 454 g/mol. The molecule has 168 valence electrons. The number of aryl methyl sites for hydroxylation is 1. The molecule has 2 heterocycles. The van der Waals surface area contributed by atoms with Crippen LogP contribution in [0.5, 0.6) is 5.75 Å². The molecule has 0 N–H and O–H groups in total. The Morgan fingerprint density at radius 3 is 2.71 bits per heavy atom. The molecular weight excluding hydrogens is 430 g/mol. The van der Waals surface area contributed by atoms with E-state index >= 15 is 0 Å². The van der Waals surface area contributed by atoms with E-state index in [0.717, 1.165) is 19.6 Å². The van der Waals surface area contributed by atoms with Gasteiger partial charge in [0.1, 0.15) is 11.5 Å². The standard InChI is InChI=1S/C21H24F2N2O5S/c1-12-9-24-19(29-12)21-8-14(21)10-25(11-21)18(26)16-7-15(31(4,27)28)5-6-17(16)30-13(2)20(3,22)23/h5-7,9,13-14H,8,10-11H2,1-4H3/t13-,14?,21?/m0/s1. The summed E-state index contributed by atoms with van der Waals surface area (Å²) in [5.74, 6) is -2.22. The van der Waals surface area contributed by atoms with Crippen LogP contribution in [-0.4, -0.2) is 55.6 Å². The average Bonchev–Trinajstić information content (AvgIpc) is 2.99. The minimum Gasteiger partial charge on any atom is -0.484 e. The number of hydrogen-bond donors (Lipinski definition) is 0. The summed E-state index contributed by atoms with van der Waals surface area (Å²) < 4.78 is 62.4. The van der Waals surface area contributed by atoms with Gasteiger partial charge >= 0.3 is 0 Å². The number of rotatable bonds is 6. The summed E-state index contributed by atoms with van der Waals surface area (Å²) in [6.07, 6.45) is 2.00. The van der Waals surface area contributed by atoms with Gasteiger partial charge in [-0.25, -0.2) is 22.2 Å². The van der Waals surface area contributed by atoms with Crippen molar-refractivity contribution in [2.24, 2.45) is 5.92 Å². The number of piperidine rings is 1. The van der Waals surface area contributed by atoms with Gasteiger partial charge in [-0.2, -0.15) is 0 Å². The topological polar surface area (TPSA) is 89.7 Å². The van der Waals surface area contributed by atoms with Gasteiger partial charge in [0, 0.05) is 26.3 Å². The van der Waals surface area contributed by atoms with Crippen LogP contribution in [0.2, 0.25) is 0 Å². The van der Waals surface area contributed by atoms with Crippen LogP contribution in [0.25, 0.3) is 0 Å². The van der Waals surface area contributed by atoms with Crippen LogP contribution in [0, 0.1) is 12.8 Å². The zero-order valence-electron chi connectivity index (χ0n) is 17.7. The smallest absolute Gasteiger partial charge is 0.281 e. The predicted molar refractivity (Wildman–Crippen MR) is 107 cm³/mol. The highest BCUT2D eigenvalue weighted by atomic mass is 32.2. The number of ether oxygens (including phenoxy) is 1. The Morgan fingerprint density at radius 2 is 2.13 bits per heavy atom. The molecular formula is C21H24F2N2O5S. The molecule has 2 unspecified atom stereocenters. The number of halogens is 2. The fourth-order valence-electron chi connectivity index (χ4n) is 4.03. The minimum atomic E-state index is -3.61.